The van der Waals surface area contributed by atoms with Gasteiger partial charge in [-0.2, -0.15) is 0 Å². The van der Waals surface area contributed by atoms with Crippen molar-refractivity contribution in [2.75, 3.05) is 6.54 Å². The Balaban J connectivity index is 1.93. The third-order valence-corrected chi connectivity index (χ3v) is 5.02. The van der Waals surface area contributed by atoms with Gasteiger partial charge in [-0.1, -0.05) is 25.8 Å². The molecule has 1 unspecified atom stereocenters. The fourth-order valence-electron chi connectivity index (χ4n) is 2.52. The highest BCUT2D eigenvalue weighted by atomic mass is 32.1. The second kappa shape index (κ2) is 5.02. The molecule has 1 amide bonds. The molecule has 100 valence electrons. The number of carbonyl (C=O) groups is 1. The van der Waals surface area contributed by atoms with Crippen LogP contribution < -0.4 is 5.32 Å². The van der Waals surface area contributed by atoms with Crippen molar-refractivity contribution in [2.45, 2.75) is 45.1 Å². The van der Waals surface area contributed by atoms with E-state index in [1.807, 2.05) is 24.4 Å². The first-order valence-corrected chi connectivity index (χ1v) is 7.37. The normalized spacial score (nSPS) is 21.5. The van der Waals surface area contributed by atoms with Crippen LogP contribution in [0.4, 0.5) is 0 Å². The average Bonchev–Trinajstić information content (AvgIpc) is 2.97. The van der Waals surface area contributed by atoms with Gasteiger partial charge < -0.3 is 10.4 Å². The number of hydrogen-bond acceptors (Lipinski definition) is 3. The summed E-state index contributed by atoms with van der Waals surface area (Å²) in [6.45, 7) is 4.05. The Kier molecular flexibility index (Phi) is 3.78. The topological polar surface area (TPSA) is 49.3 Å². The lowest BCUT2D eigenvalue weighted by molar-refractivity contribution is -0.131. The van der Waals surface area contributed by atoms with Crippen molar-refractivity contribution in [3.05, 3.63) is 22.4 Å². The standard InChI is InChI=1S/C14H21NO2S/c1-13(7-3-4-8-13)12(16)15-10-14(2,17)11-6-5-9-18-11/h5-6,9,17H,3-4,7-8,10H2,1-2H3,(H,15,16). The van der Waals surface area contributed by atoms with Crippen LogP contribution in [0.5, 0.6) is 0 Å². The predicted molar refractivity (Wildman–Crippen MR) is 73.5 cm³/mol. The zero-order valence-electron chi connectivity index (χ0n) is 11.0. The van der Waals surface area contributed by atoms with Gasteiger partial charge in [0.1, 0.15) is 5.60 Å². The van der Waals surface area contributed by atoms with Gasteiger partial charge in [0, 0.05) is 10.3 Å². The summed E-state index contributed by atoms with van der Waals surface area (Å²) in [6, 6.07) is 3.81. The molecule has 1 aliphatic rings. The second-order valence-electron chi connectivity index (χ2n) is 5.70. The molecule has 0 spiro atoms. The highest BCUT2D eigenvalue weighted by molar-refractivity contribution is 7.10. The van der Waals surface area contributed by atoms with Crippen molar-refractivity contribution >= 4 is 17.2 Å². The lowest BCUT2D eigenvalue weighted by Crippen LogP contribution is -2.43. The maximum absolute atomic E-state index is 12.2. The number of hydrogen-bond donors (Lipinski definition) is 2. The van der Waals surface area contributed by atoms with Crippen LogP contribution in [0.1, 0.15) is 44.4 Å². The zero-order valence-corrected chi connectivity index (χ0v) is 11.8. The van der Waals surface area contributed by atoms with Crippen LogP contribution >= 0.6 is 11.3 Å². The predicted octanol–water partition coefficient (Wildman–Crippen LogP) is 2.65. The van der Waals surface area contributed by atoms with Crippen molar-refractivity contribution in [2.24, 2.45) is 5.41 Å². The van der Waals surface area contributed by atoms with Crippen LogP contribution in [-0.4, -0.2) is 17.6 Å². The van der Waals surface area contributed by atoms with E-state index in [9.17, 15) is 9.90 Å². The van der Waals surface area contributed by atoms with E-state index in [4.69, 9.17) is 0 Å². The highest BCUT2D eigenvalue weighted by Gasteiger charge is 2.37. The molecule has 1 saturated carbocycles. The highest BCUT2D eigenvalue weighted by Crippen LogP contribution is 2.37. The molecule has 1 aliphatic carbocycles. The minimum atomic E-state index is -0.973. The first-order chi connectivity index (χ1) is 8.44. The lowest BCUT2D eigenvalue weighted by atomic mass is 9.87. The summed E-state index contributed by atoms with van der Waals surface area (Å²) in [4.78, 5) is 13.1. The van der Waals surface area contributed by atoms with E-state index in [1.54, 1.807) is 6.92 Å². The van der Waals surface area contributed by atoms with Gasteiger partial charge in [0.15, 0.2) is 0 Å². The maximum Gasteiger partial charge on any atom is 0.226 e. The van der Waals surface area contributed by atoms with Crippen LogP contribution in [0.3, 0.4) is 0 Å². The first kappa shape index (κ1) is 13.6. The molecule has 0 saturated heterocycles. The zero-order chi connectivity index (χ0) is 13.2. The van der Waals surface area contributed by atoms with Gasteiger partial charge in [-0.3, -0.25) is 4.79 Å². The molecule has 1 aromatic heterocycles. The van der Waals surface area contributed by atoms with Gasteiger partial charge in [0.25, 0.3) is 0 Å². The number of thiophene rings is 1. The third kappa shape index (κ3) is 2.75. The van der Waals surface area contributed by atoms with Crippen molar-refractivity contribution in [3.63, 3.8) is 0 Å². The van der Waals surface area contributed by atoms with E-state index in [0.717, 1.165) is 30.6 Å². The molecular formula is C14H21NO2S. The van der Waals surface area contributed by atoms with Crippen LogP contribution in [0.2, 0.25) is 0 Å². The van der Waals surface area contributed by atoms with Crippen molar-refractivity contribution < 1.29 is 9.90 Å². The average molecular weight is 267 g/mol. The summed E-state index contributed by atoms with van der Waals surface area (Å²) in [6.07, 6.45) is 4.18. The smallest absolute Gasteiger partial charge is 0.226 e. The maximum atomic E-state index is 12.2. The molecule has 0 aliphatic heterocycles. The van der Waals surface area contributed by atoms with Gasteiger partial charge in [0.05, 0.1) is 6.54 Å². The fraction of sp³-hybridized carbons (Fsp3) is 0.643. The summed E-state index contributed by atoms with van der Waals surface area (Å²) < 4.78 is 0. The van der Waals surface area contributed by atoms with Crippen molar-refractivity contribution in [1.82, 2.24) is 5.32 Å². The summed E-state index contributed by atoms with van der Waals surface area (Å²) in [5.74, 6) is 0.0804. The van der Waals surface area contributed by atoms with E-state index in [0.29, 0.717) is 0 Å². The van der Waals surface area contributed by atoms with E-state index in [1.165, 1.54) is 11.3 Å². The van der Waals surface area contributed by atoms with Crippen molar-refractivity contribution in [3.8, 4) is 0 Å². The van der Waals surface area contributed by atoms with Crippen LogP contribution in [0.25, 0.3) is 0 Å². The molecule has 0 radical (unpaired) electrons. The number of rotatable bonds is 4. The summed E-state index contributed by atoms with van der Waals surface area (Å²) in [5.41, 5.74) is -1.20. The van der Waals surface area contributed by atoms with Gasteiger partial charge >= 0.3 is 0 Å². The summed E-state index contributed by atoms with van der Waals surface area (Å²) in [5, 5.41) is 15.2. The van der Waals surface area contributed by atoms with Gasteiger partial charge in [-0.25, -0.2) is 0 Å². The minimum absolute atomic E-state index is 0.0804. The molecule has 4 heteroatoms. The van der Waals surface area contributed by atoms with Crippen LogP contribution in [0.15, 0.2) is 17.5 Å². The summed E-state index contributed by atoms with van der Waals surface area (Å²) >= 11 is 1.51. The monoisotopic (exact) mass is 267 g/mol. The minimum Gasteiger partial charge on any atom is -0.383 e. The molecule has 0 bridgehead atoms. The lowest BCUT2D eigenvalue weighted by Gasteiger charge is -2.27. The fourth-order valence-corrected chi connectivity index (χ4v) is 3.31. The number of nitrogens with one attached hydrogen (secondary N) is 1. The first-order valence-electron chi connectivity index (χ1n) is 6.49. The van der Waals surface area contributed by atoms with E-state index in [2.05, 4.69) is 5.32 Å². The molecule has 1 heterocycles. The van der Waals surface area contributed by atoms with E-state index in [-0.39, 0.29) is 17.9 Å². The molecule has 3 nitrogen and oxygen atoms in total. The molecule has 0 aromatic carbocycles. The van der Waals surface area contributed by atoms with Crippen molar-refractivity contribution in [1.29, 1.82) is 0 Å². The Morgan fingerprint density at radius 3 is 2.78 bits per heavy atom. The molecule has 18 heavy (non-hydrogen) atoms. The Labute approximate surface area is 112 Å². The second-order valence-corrected chi connectivity index (χ2v) is 6.65. The molecule has 1 atom stereocenters. The molecule has 2 N–H and O–H groups in total. The molecule has 1 fully saturated rings. The van der Waals surface area contributed by atoms with Gasteiger partial charge in [-0.05, 0) is 31.2 Å². The molecule has 1 aromatic rings. The molecule has 2 rings (SSSR count). The number of amides is 1. The van der Waals surface area contributed by atoms with Crippen LogP contribution in [-0.2, 0) is 10.4 Å². The van der Waals surface area contributed by atoms with Gasteiger partial charge in [-0.15, -0.1) is 11.3 Å². The Morgan fingerprint density at radius 1 is 1.56 bits per heavy atom. The van der Waals surface area contributed by atoms with Crippen LogP contribution in [0, 0.1) is 5.41 Å². The SMILES string of the molecule is CC1(C(=O)NCC(C)(O)c2cccs2)CCCC1. The Hall–Kier alpha value is -0.870. The van der Waals surface area contributed by atoms with E-state index >= 15 is 0 Å². The summed E-state index contributed by atoms with van der Waals surface area (Å²) in [7, 11) is 0. The number of carbonyl (C=O) groups excluding carboxylic acids is 1. The number of aliphatic hydroxyl groups is 1. The largest absolute Gasteiger partial charge is 0.383 e. The third-order valence-electron chi connectivity index (χ3n) is 3.90. The van der Waals surface area contributed by atoms with E-state index < -0.39 is 5.60 Å². The Bertz CT molecular complexity index is 405. The molecular weight excluding hydrogens is 246 g/mol. The van der Waals surface area contributed by atoms with Gasteiger partial charge in [0.2, 0.25) is 5.91 Å². The quantitative estimate of drug-likeness (QED) is 0.881. The Morgan fingerprint density at radius 2 is 2.22 bits per heavy atom.